The Bertz CT molecular complexity index is 1310. The zero-order chi connectivity index (χ0) is 27.6. The molecule has 204 valence electrons. The molecule has 1 aromatic heterocycles. The van der Waals surface area contributed by atoms with E-state index in [0.717, 1.165) is 5.56 Å². The second-order valence-corrected chi connectivity index (χ2v) is 9.90. The van der Waals surface area contributed by atoms with E-state index in [1.165, 1.54) is 4.90 Å². The SMILES string of the molecule is NC(Cc1ccccc1)C(=O)Nc1cccc(Nc2ncc(Br)c(NCCCNC(=O)N3CCCC3=O)n2)c1. The number of benzene rings is 2. The van der Waals surface area contributed by atoms with Crippen LogP contribution in [0.1, 0.15) is 24.8 Å². The number of nitrogens with two attached hydrogens (primary N) is 1. The number of amides is 4. The predicted molar refractivity (Wildman–Crippen MR) is 154 cm³/mol. The lowest BCUT2D eigenvalue weighted by Crippen LogP contribution is -2.41. The number of rotatable bonds is 11. The van der Waals surface area contributed by atoms with Crippen LogP contribution >= 0.6 is 15.9 Å². The molecule has 1 atom stereocenters. The summed E-state index contributed by atoms with van der Waals surface area (Å²) in [6.07, 6.45) is 3.86. The molecule has 4 rings (SSSR count). The first-order valence-electron chi connectivity index (χ1n) is 12.7. The molecule has 0 bridgehead atoms. The third kappa shape index (κ3) is 8.23. The van der Waals surface area contributed by atoms with Crippen molar-refractivity contribution >= 4 is 56.9 Å². The van der Waals surface area contributed by atoms with Gasteiger partial charge in [-0.05, 0) is 59.0 Å². The molecule has 3 aromatic rings. The number of carbonyl (C=O) groups is 3. The van der Waals surface area contributed by atoms with Crippen molar-refractivity contribution in [2.45, 2.75) is 31.7 Å². The van der Waals surface area contributed by atoms with Crippen molar-refractivity contribution in [3.8, 4) is 0 Å². The van der Waals surface area contributed by atoms with Gasteiger partial charge in [0, 0.05) is 43.6 Å². The number of urea groups is 1. The highest BCUT2D eigenvalue weighted by molar-refractivity contribution is 9.10. The minimum Gasteiger partial charge on any atom is -0.369 e. The molecule has 0 saturated carbocycles. The van der Waals surface area contributed by atoms with Crippen LogP contribution in [0.3, 0.4) is 0 Å². The molecule has 4 amide bonds. The van der Waals surface area contributed by atoms with E-state index in [-0.39, 0.29) is 17.8 Å². The molecule has 2 heterocycles. The first-order valence-corrected chi connectivity index (χ1v) is 13.5. The summed E-state index contributed by atoms with van der Waals surface area (Å²) in [5.74, 6) is 0.552. The van der Waals surface area contributed by atoms with Crippen molar-refractivity contribution < 1.29 is 14.4 Å². The van der Waals surface area contributed by atoms with Crippen LogP contribution in [-0.2, 0) is 16.0 Å². The summed E-state index contributed by atoms with van der Waals surface area (Å²) in [4.78, 5) is 46.4. The molecule has 0 spiro atoms. The van der Waals surface area contributed by atoms with Crippen molar-refractivity contribution in [3.05, 3.63) is 70.8 Å². The number of anilines is 4. The Balaban J connectivity index is 1.26. The van der Waals surface area contributed by atoms with Gasteiger partial charge in [0.2, 0.25) is 17.8 Å². The normalized spacial score (nSPS) is 13.6. The summed E-state index contributed by atoms with van der Waals surface area (Å²) in [5, 5.41) is 12.0. The van der Waals surface area contributed by atoms with Crippen molar-refractivity contribution in [1.29, 1.82) is 0 Å². The van der Waals surface area contributed by atoms with E-state index in [4.69, 9.17) is 5.73 Å². The molecule has 1 saturated heterocycles. The third-order valence-corrected chi connectivity index (χ3v) is 6.59. The summed E-state index contributed by atoms with van der Waals surface area (Å²) in [6, 6.07) is 15.8. The number of nitrogens with zero attached hydrogens (tertiary/aromatic N) is 3. The lowest BCUT2D eigenvalue weighted by molar-refractivity contribution is -0.125. The Hall–Kier alpha value is -4.03. The zero-order valence-electron chi connectivity index (χ0n) is 21.3. The van der Waals surface area contributed by atoms with Crippen molar-refractivity contribution in [2.24, 2.45) is 5.73 Å². The van der Waals surface area contributed by atoms with Crippen molar-refractivity contribution in [3.63, 3.8) is 0 Å². The molecular weight excluding hydrogens is 564 g/mol. The minimum absolute atomic E-state index is 0.130. The average Bonchev–Trinajstić information content (AvgIpc) is 3.36. The fourth-order valence-electron chi connectivity index (χ4n) is 4.00. The highest BCUT2D eigenvalue weighted by Gasteiger charge is 2.25. The zero-order valence-corrected chi connectivity index (χ0v) is 22.9. The monoisotopic (exact) mass is 594 g/mol. The maximum atomic E-state index is 12.6. The van der Waals surface area contributed by atoms with Gasteiger partial charge in [-0.1, -0.05) is 36.4 Å². The van der Waals surface area contributed by atoms with Gasteiger partial charge < -0.3 is 27.0 Å². The standard InChI is InChI=1S/C27H31BrN8O3/c28-21-17-32-26(35-24(21)30-12-6-13-31-27(39)36-14-5-11-23(36)37)34-20-10-4-9-19(16-20)33-25(38)22(29)15-18-7-2-1-3-8-18/h1-4,7-10,16-17,22H,5-6,11-15,29H2,(H,31,39)(H,33,38)(H2,30,32,34,35). The molecule has 0 aliphatic carbocycles. The number of likely N-dealkylation sites (tertiary alicyclic amines) is 1. The summed E-state index contributed by atoms with van der Waals surface area (Å²) in [6.45, 7) is 1.45. The average molecular weight is 596 g/mol. The number of aromatic nitrogens is 2. The number of nitrogens with one attached hydrogen (secondary N) is 4. The molecule has 1 aliphatic heterocycles. The molecule has 1 aliphatic rings. The highest BCUT2D eigenvalue weighted by atomic mass is 79.9. The Kier molecular flexibility index (Phi) is 9.81. The maximum Gasteiger partial charge on any atom is 0.324 e. The number of imide groups is 1. The smallest absolute Gasteiger partial charge is 0.324 e. The molecule has 39 heavy (non-hydrogen) atoms. The molecule has 11 nitrogen and oxygen atoms in total. The van der Waals surface area contributed by atoms with Crippen LogP contribution in [0.15, 0.2) is 65.3 Å². The number of hydrogen-bond acceptors (Lipinski definition) is 8. The van der Waals surface area contributed by atoms with E-state index in [0.29, 0.717) is 72.9 Å². The van der Waals surface area contributed by atoms with Gasteiger partial charge in [-0.25, -0.2) is 9.78 Å². The van der Waals surface area contributed by atoms with E-state index < -0.39 is 6.04 Å². The Morgan fingerprint density at radius 1 is 1.08 bits per heavy atom. The fraction of sp³-hybridized carbons (Fsp3) is 0.296. The largest absolute Gasteiger partial charge is 0.369 e. The van der Waals surface area contributed by atoms with Crippen LogP contribution in [0.4, 0.5) is 27.9 Å². The predicted octanol–water partition coefficient (Wildman–Crippen LogP) is 3.63. The van der Waals surface area contributed by atoms with Gasteiger partial charge in [0.25, 0.3) is 0 Å². The first kappa shape index (κ1) is 28.0. The molecule has 2 aromatic carbocycles. The molecule has 12 heteroatoms. The molecule has 1 unspecified atom stereocenters. The number of hydrogen-bond donors (Lipinski definition) is 5. The van der Waals surface area contributed by atoms with Crippen LogP contribution in [0, 0.1) is 0 Å². The lowest BCUT2D eigenvalue weighted by Gasteiger charge is -2.15. The van der Waals surface area contributed by atoms with E-state index in [2.05, 4.69) is 47.2 Å². The van der Waals surface area contributed by atoms with Crippen molar-refractivity contribution in [2.75, 3.05) is 35.6 Å². The Labute approximate surface area is 235 Å². The summed E-state index contributed by atoms with van der Waals surface area (Å²) in [7, 11) is 0. The Morgan fingerprint density at radius 2 is 1.87 bits per heavy atom. The van der Waals surface area contributed by atoms with Crippen LogP contribution < -0.4 is 27.0 Å². The summed E-state index contributed by atoms with van der Waals surface area (Å²) >= 11 is 3.45. The van der Waals surface area contributed by atoms with Crippen LogP contribution in [0.25, 0.3) is 0 Å². The van der Waals surface area contributed by atoms with E-state index in [1.807, 2.05) is 42.5 Å². The summed E-state index contributed by atoms with van der Waals surface area (Å²) in [5.41, 5.74) is 8.39. The highest BCUT2D eigenvalue weighted by Crippen LogP contribution is 2.23. The summed E-state index contributed by atoms with van der Waals surface area (Å²) < 4.78 is 0.688. The lowest BCUT2D eigenvalue weighted by atomic mass is 10.1. The van der Waals surface area contributed by atoms with Gasteiger partial charge in [-0.2, -0.15) is 4.98 Å². The third-order valence-electron chi connectivity index (χ3n) is 6.01. The number of halogens is 1. The van der Waals surface area contributed by atoms with Crippen LogP contribution in [0.2, 0.25) is 0 Å². The second kappa shape index (κ2) is 13.7. The molecule has 6 N–H and O–H groups in total. The Morgan fingerprint density at radius 3 is 2.64 bits per heavy atom. The molecule has 0 radical (unpaired) electrons. The van der Waals surface area contributed by atoms with Crippen LogP contribution in [-0.4, -0.2) is 58.4 Å². The van der Waals surface area contributed by atoms with E-state index in [1.54, 1.807) is 18.3 Å². The van der Waals surface area contributed by atoms with Gasteiger partial charge in [-0.15, -0.1) is 0 Å². The first-order chi connectivity index (χ1) is 18.9. The maximum absolute atomic E-state index is 12.6. The topological polar surface area (TPSA) is 154 Å². The van der Waals surface area contributed by atoms with Gasteiger partial charge in [-0.3, -0.25) is 14.5 Å². The number of carbonyl (C=O) groups excluding carboxylic acids is 3. The molecular formula is C27H31BrN8O3. The van der Waals surface area contributed by atoms with Gasteiger partial charge >= 0.3 is 6.03 Å². The van der Waals surface area contributed by atoms with Gasteiger partial charge in [0.15, 0.2) is 0 Å². The second-order valence-electron chi connectivity index (χ2n) is 9.04. The quantitative estimate of drug-likeness (QED) is 0.211. The van der Waals surface area contributed by atoms with Gasteiger partial charge in [0.05, 0.1) is 10.5 Å². The minimum atomic E-state index is -0.677. The van der Waals surface area contributed by atoms with Gasteiger partial charge in [0.1, 0.15) is 5.82 Å². The fourth-order valence-corrected chi connectivity index (χ4v) is 4.33. The van der Waals surface area contributed by atoms with E-state index >= 15 is 0 Å². The van der Waals surface area contributed by atoms with Crippen LogP contribution in [0.5, 0.6) is 0 Å². The van der Waals surface area contributed by atoms with Crippen molar-refractivity contribution in [1.82, 2.24) is 20.2 Å². The molecule has 1 fully saturated rings. The van der Waals surface area contributed by atoms with E-state index in [9.17, 15) is 14.4 Å².